The molecular formula is H8AgInPbSbZn. The van der Waals surface area contributed by atoms with Crippen LogP contribution >= 0.6 is 0 Å². The van der Waals surface area contributed by atoms with Gasteiger partial charge >= 0.3 is 77.6 Å². The fourth-order valence-corrected chi connectivity index (χ4v) is 0. The van der Waals surface area contributed by atoms with Crippen LogP contribution in [0.5, 0.6) is 0 Å². The Morgan fingerprint density at radius 3 is 1.00 bits per heavy atom. The molecule has 0 unspecified atom stereocenters. The Hall–Kier alpha value is 3.97. The fraction of sp³-hybridized carbons (Fsp3) is 0. The van der Waals surface area contributed by atoms with Gasteiger partial charge in [-0.05, 0) is 0 Å². The standard InChI is InChI=1S/Ag.In.Pb.Sb.Zn.8H. The summed E-state index contributed by atoms with van der Waals surface area (Å²) < 4.78 is 0. The Morgan fingerprint density at radius 2 is 1.00 bits per heavy atom. The van der Waals surface area contributed by atoms with Crippen molar-refractivity contribution in [2.75, 3.05) is 0 Å². The van der Waals surface area contributed by atoms with Crippen molar-refractivity contribution >= 4 is 77.6 Å². The van der Waals surface area contributed by atoms with Crippen LogP contribution in [0.25, 0.3) is 0 Å². The van der Waals surface area contributed by atoms with Crippen molar-refractivity contribution in [3.8, 4) is 0 Å². The monoisotopic (exact) mass is 623 g/mol. The van der Waals surface area contributed by atoms with Crippen molar-refractivity contribution in [3.63, 3.8) is 0 Å². The van der Waals surface area contributed by atoms with Gasteiger partial charge in [-0.1, -0.05) is 0 Å². The summed E-state index contributed by atoms with van der Waals surface area (Å²) in [5.74, 6) is 0. The molecule has 0 fully saturated rings. The summed E-state index contributed by atoms with van der Waals surface area (Å²) in [4.78, 5) is 0. The van der Waals surface area contributed by atoms with Crippen LogP contribution in [0, 0.1) is 0 Å². The Bertz CT molecular complexity index is 11.6. The molecule has 0 aliphatic rings. The molecule has 5 heavy (non-hydrogen) atoms. The fourth-order valence-electron chi connectivity index (χ4n) is 0. The van der Waals surface area contributed by atoms with Gasteiger partial charge in [0.1, 0.15) is 0 Å². The van der Waals surface area contributed by atoms with E-state index in [9.17, 15) is 0 Å². The maximum atomic E-state index is 0. The van der Waals surface area contributed by atoms with E-state index in [0.29, 0.717) is 0 Å². The summed E-state index contributed by atoms with van der Waals surface area (Å²) in [7, 11) is 0. The zero-order chi connectivity index (χ0) is 0. The van der Waals surface area contributed by atoms with E-state index in [1.807, 2.05) is 0 Å². The second-order valence-corrected chi connectivity index (χ2v) is 0. The first-order valence-corrected chi connectivity index (χ1v) is 0. The molecule has 3 radical (unpaired) electrons. The van der Waals surface area contributed by atoms with Crippen molar-refractivity contribution in [3.05, 3.63) is 0 Å². The van der Waals surface area contributed by atoms with Crippen LogP contribution in [0.15, 0.2) is 0 Å². The maximum absolute atomic E-state index is 0. The molecule has 0 aliphatic heterocycles. The van der Waals surface area contributed by atoms with E-state index in [-0.39, 0.29) is 119 Å². The van der Waals surface area contributed by atoms with Crippen LogP contribution in [-0.4, -0.2) is 77.6 Å². The van der Waals surface area contributed by atoms with Crippen molar-refractivity contribution in [2.24, 2.45) is 0 Å². The molecule has 0 aliphatic carbocycles. The molecule has 33 valence electrons. The Morgan fingerprint density at radius 1 is 1.00 bits per heavy atom. The summed E-state index contributed by atoms with van der Waals surface area (Å²) in [6.07, 6.45) is 0. The van der Waals surface area contributed by atoms with Crippen molar-refractivity contribution < 1.29 is 41.9 Å². The van der Waals surface area contributed by atoms with E-state index in [2.05, 4.69) is 0 Å². The number of hydrogen-bond donors (Lipinski definition) is 0. The molecule has 0 rings (SSSR count). The Kier molecular flexibility index (Phi) is 177. The van der Waals surface area contributed by atoms with Crippen LogP contribution in [0.3, 0.4) is 0 Å². The van der Waals surface area contributed by atoms with E-state index in [4.69, 9.17) is 0 Å². The van der Waals surface area contributed by atoms with Gasteiger partial charge < -0.3 is 0 Å². The normalized spacial score (nSPS) is 0. The molecule has 0 N–H and O–H groups in total. The van der Waals surface area contributed by atoms with E-state index in [0.717, 1.165) is 0 Å². The Labute approximate surface area is 117 Å². The van der Waals surface area contributed by atoms with Gasteiger partial charge in [-0.25, -0.2) is 0 Å². The summed E-state index contributed by atoms with van der Waals surface area (Å²) in [5.41, 5.74) is 0. The SMILES string of the molecule is [Ag].[InH3].[PbH2].[SbH3].[Zn]. The molecule has 0 aromatic carbocycles. The second-order valence-electron chi connectivity index (χ2n) is 0. The molecule has 0 saturated carbocycles. The molecule has 0 saturated heterocycles. The van der Waals surface area contributed by atoms with Gasteiger partial charge in [-0.2, -0.15) is 0 Å². The largest absolute Gasteiger partial charge is 0 e. The molecule has 0 aromatic heterocycles. The third-order valence-electron chi connectivity index (χ3n) is 0. The third kappa shape index (κ3) is 18.0. The van der Waals surface area contributed by atoms with Crippen LogP contribution in [0.1, 0.15) is 0 Å². The minimum atomic E-state index is 0. The maximum Gasteiger partial charge on any atom is 0 e. The zero-order valence-electron chi connectivity index (χ0n) is 2.42. The van der Waals surface area contributed by atoms with Gasteiger partial charge in [0.15, 0.2) is 0 Å². The number of hydrogen-bond acceptors (Lipinski definition) is 0. The summed E-state index contributed by atoms with van der Waals surface area (Å²) in [5, 5.41) is 0. The van der Waals surface area contributed by atoms with Crippen molar-refractivity contribution in [1.82, 2.24) is 0 Å². The van der Waals surface area contributed by atoms with Crippen LogP contribution in [0.4, 0.5) is 0 Å². The van der Waals surface area contributed by atoms with Crippen LogP contribution in [0.2, 0.25) is 0 Å². The summed E-state index contributed by atoms with van der Waals surface area (Å²) >= 11 is 0. The molecule has 0 bridgehead atoms. The first kappa shape index (κ1) is 36.1. The minimum Gasteiger partial charge on any atom is 0 e. The first-order chi connectivity index (χ1) is 0. The molecule has 0 aromatic rings. The minimum absolute atomic E-state index is 0. The van der Waals surface area contributed by atoms with Gasteiger partial charge in [0.25, 0.3) is 0 Å². The van der Waals surface area contributed by atoms with E-state index >= 15 is 0 Å². The quantitative estimate of drug-likeness (QED) is 0.248. The summed E-state index contributed by atoms with van der Waals surface area (Å²) in [6.45, 7) is 0. The average Bonchev–Trinajstić information content (AvgIpc) is 0. The van der Waals surface area contributed by atoms with Gasteiger partial charge in [0, 0.05) is 41.9 Å². The van der Waals surface area contributed by atoms with Crippen LogP contribution in [-0.2, 0) is 41.9 Å². The zero-order valence-corrected chi connectivity index (χ0v) is 16.4. The van der Waals surface area contributed by atoms with Crippen molar-refractivity contribution in [1.29, 1.82) is 0 Å². The van der Waals surface area contributed by atoms with Crippen molar-refractivity contribution in [2.45, 2.75) is 0 Å². The molecule has 5 heteroatoms. The molecule has 0 nitrogen and oxygen atoms in total. The van der Waals surface area contributed by atoms with E-state index < -0.39 is 0 Å². The molecule has 0 atom stereocenters. The topological polar surface area (TPSA) is 0 Å². The number of rotatable bonds is 0. The third-order valence-corrected chi connectivity index (χ3v) is 0. The Balaban J connectivity index is 0. The van der Waals surface area contributed by atoms with Crippen LogP contribution < -0.4 is 0 Å². The molecule has 0 spiro atoms. The predicted molar refractivity (Wildman–Crippen MR) is 28.4 cm³/mol. The first-order valence-electron chi connectivity index (χ1n) is 0. The second kappa shape index (κ2) is 24.6. The van der Waals surface area contributed by atoms with Gasteiger partial charge in [-0.3, -0.25) is 0 Å². The smallest absolute Gasteiger partial charge is 0 e. The van der Waals surface area contributed by atoms with Gasteiger partial charge in [-0.15, -0.1) is 0 Å². The molecular weight excluding hydrogens is 617 g/mol. The summed E-state index contributed by atoms with van der Waals surface area (Å²) in [6, 6.07) is 0. The molecule has 0 heterocycles. The molecule has 0 amide bonds. The predicted octanol–water partition coefficient (Wildman–Crippen LogP) is -3.29. The van der Waals surface area contributed by atoms with Gasteiger partial charge in [0.2, 0.25) is 0 Å². The van der Waals surface area contributed by atoms with Gasteiger partial charge in [0.05, 0.1) is 0 Å². The van der Waals surface area contributed by atoms with E-state index in [1.54, 1.807) is 0 Å². The average molecular weight is 625 g/mol. The van der Waals surface area contributed by atoms with E-state index in [1.165, 1.54) is 0 Å².